The Kier molecular flexibility index (Phi) is 5.51. The fourth-order valence-corrected chi connectivity index (χ4v) is 3.06. The summed E-state index contributed by atoms with van der Waals surface area (Å²) in [6, 6.07) is 6.03. The van der Waals surface area contributed by atoms with E-state index in [0.717, 1.165) is 48.4 Å². The first-order chi connectivity index (χ1) is 9.19. The van der Waals surface area contributed by atoms with Gasteiger partial charge in [0.05, 0.1) is 7.11 Å². The molecule has 5 heteroatoms. The van der Waals surface area contributed by atoms with Crippen LogP contribution in [0.1, 0.15) is 18.4 Å². The summed E-state index contributed by atoms with van der Waals surface area (Å²) in [6.07, 6.45) is 1.90. The van der Waals surface area contributed by atoms with Crippen molar-refractivity contribution < 1.29 is 9.47 Å². The highest BCUT2D eigenvalue weighted by Crippen LogP contribution is 2.26. The Labute approximate surface area is 127 Å². The molecule has 0 aliphatic carbocycles. The Bertz CT molecular complexity index is 422. The number of rotatable bonds is 5. The van der Waals surface area contributed by atoms with Crippen molar-refractivity contribution in [3.63, 3.8) is 0 Å². The molecular formula is C14H19BrClNO2. The molecule has 1 aliphatic heterocycles. The zero-order valence-electron chi connectivity index (χ0n) is 11.0. The highest BCUT2D eigenvalue weighted by Gasteiger charge is 2.31. The number of alkyl halides is 1. The van der Waals surface area contributed by atoms with Crippen LogP contribution in [0, 0.1) is 0 Å². The average Bonchev–Trinajstić information content (AvgIpc) is 2.46. The quantitative estimate of drug-likeness (QED) is 0.828. The van der Waals surface area contributed by atoms with Crippen LogP contribution in [-0.4, -0.2) is 31.7 Å². The Balaban J connectivity index is 2.06. The Hall–Kier alpha value is -0.290. The monoisotopic (exact) mass is 347 g/mol. The lowest BCUT2D eigenvalue weighted by atomic mass is 9.92. The molecule has 1 fully saturated rings. The molecule has 0 bridgehead atoms. The van der Waals surface area contributed by atoms with E-state index in [4.69, 9.17) is 21.1 Å². The van der Waals surface area contributed by atoms with Gasteiger partial charge in [0.2, 0.25) is 0 Å². The van der Waals surface area contributed by atoms with Gasteiger partial charge in [-0.3, -0.25) is 0 Å². The van der Waals surface area contributed by atoms with Gasteiger partial charge in [-0.2, -0.15) is 0 Å². The minimum atomic E-state index is -0.0207. The summed E-state index contributed by atoms with van der Waals surface area (Å²) in [5, 5.41) is 3.59. The number of methoxy groups -OCH3 is 1. The normalized spacial score (nSPS) is 18.3. The van der Waals surface area contributed by atoms with Crippen molar-refractivity contribution in [1.29, 1.82) is 0 Å². The topological polar surface area (TPSA) is 30.5 Å². The van der Waals surface area contributed by atoms with Gasteiger partial charge in [-0.1, -0.05) is 15.9 Å². The summed E-state index contributed by atoms with van der Waals surface area (Å²) in [7, 11) is 1.69. The lowest BCUT2D eigenvalue weighted by Crippen LogP contribution is -2.50. The smallest absolute Gasteiger partial charge is 0.123 e. The van der Waals surface area contributed by atoms with E-state index in [-0.39, 0.29) is 5.54 Å². The molecule has 3 nitrogen and oxygen atoms in total. The van der Waals surface area contributed by atoms with E-state index in [9.17, 15) is 0 Å². The van der Waals surface area contributed by atoms with Crippen LogP contribution in [0.5, 0.6) is 5.75 Å². The molecule has 0 unspecified atom stereocenters. The third kappa shape index (κ3) is 3.85. The molecule has 2 rings (SSSR count). The molecule has 0 atom stereocenters. The third-order valence-electron chi connectivity index (χ3n) is 3.60. The second-order valence-corrected chi connectivity index (χ2v) is 6.02. The first kappa shape index (κ1) is 15.1. The van der Waals surface area contributed by atoms with E-state index in [1.165, 1.54) is 0 Å². The van der Waals surface area contributed by atoms with Crippen molar-refractivity contribution in [1.82, 2.24) is 5.32 Å². The van der Waals surface area contributed by atoms with E-state index in [0.29, 0.717) is 5.88 Å². The summed E-state index contributed by atoms with van der Waals surface area (Å²) in [6.45, 7) is 2.29. The number of ether oxygens (including phenoxy) is 2. The van der Waals surface area contributed by atoms with Crippen molar-refractivity contribution in [2.75, 3.05) is 26.2 Å². The molecule has 0 radical (unpaired) electrons. The summed E-state index contributed by atoms with van der Waals surface area (Å²) < 4.78 is 11.9. The van der Waals surface area contributed by atoms with Gasteiger partial charge in [0, 0.05) is 41.2 Å². The maximum Gasteiger partial charge on any atom is 0.123 e. The highest BCUT2D eigenvalue weighted by atomic mass is 79.9. The van der Waals surface area contributed by atoms with E-state index in [1.54, 1.807) is 7.11 Å². The maximum atomic E-state index is 6.15. The molecule has 1 heterocycles. The van der Waals surface area contributed by atoms with Crippen LogP contribution < -0.4 is 10.1 Å². The fraction of sp³-hybridized carbons (Fsp3) is 0.571. The zero-order chi connectivity index (χ0) is 13.7. The average molecular weight is 349 g/mol. The molecule has 19 heavy (non-hydrogen) atoms. The van der Waals surface area contributed by atoms with E-state index >= 15 is 0 Å². The number of nitrogens with one attached hydrogen (secondary N) is 1. The predicted octanol–water partition coefficient (Wildman–Crippen LogP) is 3.34. The van der Waals surface area contributed by atoms with E-state index < -0.39 is 0 Å². The molecule has 1 aromatic carbocycles. The largest absolute Gasteiger partial charge is 0.496 e. The Morgan fingerprint density at radius 3 is 2.79 bits per heavy atom. The first-order valence-electron chi connectivity index (χ1n) is 6.40. The van der Waals surface area contributed by atoms with Crippen LogP contribution in [-0.2, 0) is 11.3 Å². The van der Waals surface area contributed by atoms with Crippen LogP contribution in [0.2, 0.25) is 0 Å². The highest BCUT2D eigenvalue weighted by molar-refractivity contribution is 9.10. The molecule has 1 aromatic rings. The molecule has 0 aromatic heterocycles. The van der Waals surface area contributed by atoms with Crippen molar-refractivity contribution >= 4 is 27.5 Å². The standard InChI is InChI=1S/C14H19BrClNO2/c1-18-13-3-2-12(15)8-11(13)9-17-14(10-16)4-6-19-7-5-14/h2-3,8,17H,4-7,9-10H2,1H3. The van der Waals surface area contributed by atoms with Crippen LogP contribution >= 0.6 is 27.5 Å². The molecule has 1 N–H and O–H groups in total. The van der Waals surface area contributed by atoms with Gasteiger partial charge in [0.15, 0.2) is 0 Å². The first-order valence-corrected chi connectivity index (χ1v) is 7.73. The van der Waals surface area contributed by atoms with Gasteiger partial charge >= 0.3 is 0 Å². The van der Waals surface area contributed by atoms with Gasteiger partial charge in [-0.15, -0.1) is 11.6 Å². The van der Waals surface area contributed by atoms with Gasteiger partial charge in [-0.25, -0.2) is 0 Å². The van der Waals surface area contributed by atoms with Crippen molar-refractivity contribution in [3.8, 4) is 5.75 Å². The van der Waals surface area contributed by atoms with Crippen LogP contribution in [0.3, 0.4) is 0 Å². The molecule has 0 amide bonds. The Morgan fingerprint density at radius 1 is 1.42 bits per heavy atom. The molecule has 1 saturated heterocycles. The van der Waals surface area contributed by atoms with Crippen LogP contribution in [0.4, 0.5) is 0 Å². The summed E-state index contributed by atoms with van der Waals surface area (Å²) in [4.78, 5) is 0. The Morgan fingerprint density at radius 2 is 2.16 bits per heavy atom. The minimum absolute atomic E-state index is 0.0207. The number of benzene rings is 1. The number of hydrogen-bond donors (Lipinski definition) is 1. The third-order valence-corrected chi connectivity index (χ3v) is 4.61. The van der Waals surface area contributed by atoms with Crippen LogP contribution in [0.25, 0.3) is 0 Å². The molecular weight excluding hydrogens is 330 g/mol. The van der Waals surface area contributed by atoms with Crippen molar-refractivity contribution in [2.45, 2.75) is 24.9 Å². The summed E-state index contributed by atoms with van der Waals surface area (Å²) in [5.41, 5.74) is 1.11. The predicted molar refractivity (Wildman–Crippen MR) is 81.0 cm³/mol. The van der Waals surface area contributed by atoms with Crippen molar-refractivity contribution in [2.24, 2.45) is 0 Å². The van der Waals surface area contributed by atoms with Crippen molar-refractivity contribution in [3.05, 3.63) is 28.2 Å². The molecule has 106 valence electrons. The number of hydrogen-bond acceptors (Lipinski definition) is 3. The molecule has 1 aliphatic rings. The summed E-state index contributed by atoms with van der Waals surface area (Å²) in [5.74, 6) is 1.50. The molecule has 0 spiro atoms. The van der Waals surface area contributed by atoms with E-state index in [2.05, 4.69) is 27.3 Å². The molecule has 0 saturated carbocycles. The van der Waals surface area contributed by atoms with Crippen LogP contribution in [0.15, 0.2) is 22.7 Å². The van der Waals surface area contributed by atoms with E-state index in [1.807, 2.05) is 12.1 Å². The SMILES string of the molecule is COc1ccc(Br)cc1CNC1(CCl)CCOCC1. The minimum Gasteiger partial charge on any atom is -0.496 e. The van der Waals surface area contributed by atoms with Gasteiger partial charge in [-0.05, 0) is 31.0 Å². The van der Waals surface area contributed by atoms with Gasteiger partial charge < -0.3 is 14.8 Å². The maximum absolute atomic E-state index is 6.15. The fourth-order valence-electron chi connectivity index (χ4n) is 2.29. The van der Waals surface area contributed by atoms with Gasteiger partial charge in [0.25, 0.3) is 0 Å². The number of halogens is 2. The lowest BCUT2D eigenvalue weighted by molar-refractivity contribution is 0.0458. The second-order valence-electron chi connectivity index (χ2n) is 4.84. The second kappa shape index (κ2) is 6.93. The summed E-state index contributed by atoms with van der Waals surface area (Å²) >= 11 is 9.64. The zero-order valence-corrected chi connectivity index (χ0v) is 13.4. The lowest BCUT2D eigenvalue weighted by Gasteiger charge is -2.36. The van der Waals surface area contributed by atoms with Gasteiger partial charge in [0.1, 0.15) is 5.75 Å².